The number of hydrogen-bond acceptors (Lipinski definition) is 5. The summed E-state index contributed by atoms with van der Waals surface area (Å²) in [6, 6.07) is 5.19. The first kappa shape index (κ1) is 24.0. The standard InChI is InChI=1S/C20H27ClF3N5O/c1-13-4-2-3-7-28(13)8-9-29(12-14-10-15(25)5-6-16(14)21)19(30)17(26)11-18(27)20(22,23)24/h5-6,10-11,13,27H,2-4,7-9,12,25-26H2,1H3/b17-11-,27-18?. The van der Waals surface area contributed by atoms with Crippen molar-refractivity contribution in [3.63, 3.8) is 0 Å². The molecule has 30 heavy (non-hydrogen) atoms. The Labute approximate surface area is 179 Å². The van der Waals surface area contributed by atoms with Crippen molar-refractivity contribution in [2.45, 2.75) is 44.9 Å². The molecule has 1 heterocycles. The van der Waals surface area contributed by atoms with E-state index in [4.69, 9.17) is 28.5 Å². The molecule has 10 heteroatoms. The molecule has 6 nitrogen and oxygen atoms in total. The summed E-state index contributed by atoms with van der Waals surface area (Å²) in [4.78, 5) is 16.4. The molecule has 1 fully saturated rings. The molecule has 0 bridgehead atoms. The van der Waals surface area contributed by atoms with Crippen molar-refractivity contribution in [2.24, 2.45) is 5.73 Å². The molecule has 1 aliphatic heterocycles. The van der Waals surface area contributed by atoms with E-state index in [-0.39, 0.29) is 13.1 Å². The van der Waals surface area contributed by atoms with Gasteiger partial charge in [0.2, 0.25) is 0 Å². The Kier molecular flexibility index (Phi) is 8.14. The lowest BCUT2D eigenvalue weighted by Crippen LogP contribution is -2.44. The Morgan fingerprint density at radius 3 is 2.73 bits per heavy atom. The van der Waals surface area contributed by atoms with Gasteiger partial charge in [-0.3, -0.25) is 15.1 Å². The Bertz CT molecular complexity index is 812. The minimum absolute atomic E-state index is 0.0405. The van der Waals surface area contributed by atoms with Gasteiger partial charge in [-0.25, -0.2) is 0 Å². The molecule has 1 saturated heterocycles. The molecule has 2 rings (SSSR count). The third-order valence-corrected chi connectivity index (χ3v) is 5.54. The van der Waals surface area contributed by atoms with Crippen molar-refractivity contribution < 1.29 is 18.0 Å². The van der Waals surface area contributed by atoms with Crippen LogP contribution in [-0.2, 0) is 11.3 Å². The fourth-order valence-corrected chi connectivity index (χ4v) is 3.57. The maximum absolute atomic E-state index is 12.8. The summed E-state index contributed by atoms with van der Waals surface area (Å²) in [5.41, 5.74) is 10.1. The van der Waals surface area contributed by atoms with Gasteiger partial charge in [-0.05, 0) is 56.1 Å². The zero-order valence-corrected chi connectivity index (χ0v) is 17.6. The molecular formula is C20H27ClF3N5O. The zero-order chi connectivity index (χ0) is 22.5. The van der Waals surface area contributed by atoms with Crippen molar-refractivity contribution in [2.75, 3.05) is 25.4 Å². The highest BCUT2D eigenvalue weighted by Crippen LogP contribution is 2.22. The number of allylic oxidation sites excluding steroid dienone is 1. The smallest absolute Gasteiger partial charge is 0.399 e. The maximum Gasteiger partial charge on any atom is 0.432 e. The van der Waals surface area contributed by atoms with E-state index in [1.807, 2.05) is 0 Å². The second-order valence-electron chi connectivity index (χ2n) is 7.47. The Hall–Kier alpha value is -2.26. The topological polar surface area (TPSA) is 99.4 Å². The first-order valence-corrected chi connectivity index (χ1v) is 10.1. The Morgan fingerprint density at radius 2 is 2.10 bits per heavy atom. The quantitative estimate of drug-likeness (QED) is 0.339. The number of nitrogens with two attached hydrogens (primary N) is 2. The minimum atomic E-state index is -4.88. The predicted octanol–water partition coefficient (Wildman–Crippen LogP) is 3.55. The van der Waals surface area contributed by atoms with Crippen LogP contribution in [-0.4, -0.2) is 53.3 Å². The summed E-state index contributed by atoms with van der Waals surface area (Å²) >= 11 is 6.21. The molecule has 0 spiro atoms. The van der Waals surface area contributed by atoms with E-state index in [0.717, 1.165) is 25.8 Å². The average Bonchev–Trinajstić information content (AvgIpc) is 2.67. The largest absolute Gasteiger partial charge is 0.432 e. The van der Waals surface area contributed by atoms with Crippen LogP contribution in [0, 0.1) is 5.41 Å². The summed E-state index contributed by atoms with van der Waals surface area (Å²) in [7, 11) is 0. The number of alkyl halides is 3. The lowest BCUT2D eigenvalue weighted by atomic mass is 10.0. The molecule has 1 atom stereocenters. The number of hydrogen-bond donors (Lipinski definition) is 3. The van der Waals surface area contributed by atoms with Gasteiger partial charge < -0.3 is 16.4 Å². The molecule has 1 aromatic carbocycles. The molecule has 0 radical (unpaired) electrons. The summed E-state index contributed by atoms with van der Waals surface area (Å²) in [6.07, 6.45) is -1.27. The second-order valence-corrected chi connectivity index (χ2v) is 7.88. The number of amides is 1. The van der Waals surface area contributed by atoms with Crippen molar-refractivity contribution in [3.8, 4) is 0 Å². The van der Waals surface area contributed by atoms with E-state index in [1.54, 1.807) is 18.2 Å². The van der Waals surface area contributed by atoms with Crippen LogP contribution in [0.3, 0.4) is 0 Å². The molecule has 1 aliphatic rings. The predicted molar refractivity (Wildman–Crippen MR) is 112 cm³/mol. The van der Waals surface area contributed by atoms with Crippen LogP contribution in [0.1, 0.15) is 31.7 Å². The number of nitrogens with one attached hydrogen (secondary N) is 1. The number of halogens is 4. The van der Waals surface area contributed by atoms with Crippen LogP contribution in [0.5, 0.6) is 0 Å². The lowest BCUT2D eigenvalue weighted by Gasteiger charge is -2.35. The molecule has 0 aromatic heterocycles. The fraction of sp³-hybridized carbons (Fsp3) is 0.500. The number of nitrogens with zero attached hydrogens (tertiary/aromatic N) is 2. The van der Waals surface area contributed by atoms with Crippen LogP contribution >= 0.6 is 11.6 Å². The monoisotopic (exact) mass is 445 g/mol. The molecular weight excluding hydrogens is 419 g/mol. The normalized spacial score (nSPS) is 18.3. The Balaban J connectivity index is 2.22. The van der Waals surface area contributed by atoms with E-state index >= 15 is 0 Å². The van der Waals surface area contributed by atoms with E-state index in [9.17, 15) is 18.0 Å². The van der Waals surface area contributed by atoms with Crippen LogP contribution < -0.4 is 11.5 Å². The number of likely N-dealkylation sites (tertiary alicyclic amines) is 1. The molecule has 1 amide bonds. The van der Waals surface area contributed by atoms with Crippen LogP contribution in [0.4, 0.5) is 18.9 Å². The van der Waals surface area contributed by atoms with E-state index < -0.39 is 23.5 Å². The van der Waals surface area contributed by atoms with Gasteiger partial charge in [0.1, 0.15) is 5.71 Å². The van der Waals surface area contributed by atoms with E-state index in [0.29, 0.717) is 34.9 Å². The SMILES string of the molecule is CC1CCCCN1CCN(Cc1cc(N)ccc1Cl)C(=O)/C(N)=C/C(=N)C(F)(F)F. The minimum Gasteiger partial charge on any atom is -0.399 e. The number of nitrogen functional groups attached to an aromatic ring is 1. The van der Waals surface area contributed by atoms with Gasteiger partial charge in [0, 0.05) is 36.4 Å². The zero-order valence-electron chi connectivity index (χ0n) is 16.8. The molecule has 1 aromatic rings. The van der Waals surface area contributed by atoms with E-state index in [1.165, 1.54) is 4.90 Å². The van der Waals surface area contributed by atoms with Crippen molar-refractivity contribution in [3.05, 3.63) is 40.6 Å². The second kappa shape index (κ2) is 10.2. The first-order valence-electron chi connectivity index (χ1n) is 9.69. The number of anilines is 1. The molecule has 0 saturated carbocycles. The average molecular weight is 446 g/mol. The highest BCUT2D eigenvalue weighted by molar-refractivity contribution is 6.31. The maximum atomic E-state index is 12.8. The highest BCUT2D eigenvalue weighted by atomic mass is 35.5. The van der Waals surface area contributed by atoms with Crippen molar-refractivity contribution in [1.82, 2.24) is 9.80 Å². The Morgan fingerprint density at radius 1 is 1.40 bits per heavy atom. The van der Waals surface area contributed by atoms with Gasteiger partial charge in [-0.2, -0.15) is 13.2 Å². The van der Waals surface area contributed by atoms with E-state index in [2.05, 4.69) is 11.8 Å². The third-order valence-electron chi connectivity index (χ3n) is 5.17. The van der Waals surface area contributed by atoms with Crippen LogP contribution in [0.15, 0.2) is 30.0 Å². The van der Waals surface area contributed by atoms with Gasteiger partial charge in [0.15, 0.2) is 0 Å². The number of benzene rings is 1. The van der Waals surface area contributed by atoms with Crippen LogP contribution in [0.25, 0.3) is 0 Å². The fourth-order valence-electron chi connectivity index (χ4n) is 3.39. The summed E-state index contributed by atoms with van der Waals surface area (Å²) in [6.45, 7) is 3.85. The van der Waals surface area contributed by atoms with Gasteiger partial charge >= 0.3 is 6.18 Å². The molecule has 166 valence electrons. The number of piperidine rings is 1. The van der Waals surface area contributed by atoms with Gasteiger partial charge in [-0.1, -0.05) is 18.0 Å². The first-order chi connectivity index (χ1) is 14.0. The molecule has 1 unspecified atom stereocenters. The van der Waals surface area contributed by atoms with Gasteiger partial charge in [0.05, 0.1) is 5.70 Å². The third kappa shape index (κ3) is 6.63. The molecule has 0 aliphatic carbocycles. The highest BCUT2D eigenvalue weighted by Gasteiger charge is 2.33. The number of carbonyl (C=O) groups is 1. The van der Waals surface area contributed by atoms with Crippen molar-refractivity contribution >= 4 is 28.9 Å². The summed E-state index contributed by atoms with van der Waals surface area (Å²) in [5, 5.41) is 7.47. The van der Waals surface area contributed by atoms with Gasteiger partial charge in [-0.15, -0.1) is 0 Å². The number of carbonyl (C=O) groups excluding carboxylic acids is 1. The van der Waals surface area contributed by atoms with Crippen molar-refractivity contribution in [1.29, 1.82) is 5.41 Å². The lowest BCUT2D eigenvalue weighted by molar-refractivity contribution is -0.128. The van der Waals surface area contributed by atoms with Crippen LogP contribution in [0.2, 0.25) is 5.02 Å². The summed E-state index contributed by atoms with van der Waals surface area (Å²) < 4.78 is 38.0. The van der Waals surface area contributed by atoms with Gasteiger partial charge in [0.25, 0.3) is 5.91 Å². The summed E-state index contributed by atoms with van der Waals surface area (Å²) in [5.74, 6) is -0.785. The number of rotatable bonds is 7. The molecule has 5 N–H and O–H groups in total.